The van der Waals surface area contributed by atoms with E-state index in [4.69, 9.17) is 4.98 Å². The molecule has 1 aromatic heterocycles. The normalized spacial score (nSPS) is 11.0. The molecular formula is C25H29NO. The number of carbonyl (C=O) groups is 1. The van der Waals surface area contributed by atoms with E-state index in [-0.39, 0.29) is 0 Å². The predicted octanol–water partition coefficient (Wildman–Crippen LogP) is 6.68. The van der Waals surface area contributed by atoms with Gasteiger partial charge in [-0.05, 0) is 36.1 Å². The van der Waals surface area contributed by atoms with Crippen LogP contribution >= 0.6 is 0 Å². The Morgan fingerprint density at radius 2 is 1.59 bits per heavy atom. The molecule has 27 heavy (non-hydrogen) atoms. The van der Waals surface area contributed by atoms with Crippen molar-refractivity contribution in [1.82, 2.24) is 4.98 Å². The van der Waals surface area contributed by atoms with Gasteiger partial charge < -0.3 is 0 Å². The minimum Gasteiger partial charge on any atom is -0.299 e. The second-order valence-electron chi connectivity index (χ2n) is 7.31. The second kappa shape index (κ2) is 9.45. The number of hydrogen-bond acceptors (Lipinski definition) is 2. The lowest BCUT2D eigenvalue weighted by Gasteiger charge is -2.15. The van der Waals surface area contributed by atoms with Gasteiger partial charge in [-0.15, -0.1) is 0 Å². The lowest BCUT2D eigenvalue weighted by molar-refractivity contribution is -0.118. The van der Waals surface area contributed by atoms with E-state index in [2.05, 4.69) is 37.3 Å². The largest absolute Gasteiger partial charge is 0.299 e. The fourth-order valence-corrected chi connectivity index (χ4v) is 3.74. The van der Waals surface area contributed by atoms with Crippen molar-refractivity contribution in [3.05, 3.63) is 65.9 Å². The number of pyridine rings is 1. The molecule has 0 aliphatic rings. The Hall–Kier alpha value is -2.48. The molecule has 1 heterocycles. The Morgan fingerprint density at radius 3 is 2.37 bits per heavy atom. The first-order valence-corrected chi connectivity index (χ1v) is 10.2. The third-order valence-corrected chi connectivity index (χ3v) is 5.20. The maximum Gasteiger partial charge on any atom is 0.137 e. The van der Waals surface area contributed by atoms with E-state index >= 15 is 0 Å². The van der Waals surface area contributed by atoms with E-state index in [1.165, 1.54) is 19.3 Å². The lowest BCUT2D eigenvalue weighted by Crippen LogP contribution is -2.07. The molecular weight excluding hydrogens is 330 g/mol. The molecule has 0 amide bonds. The number of Topliss-reactive ketones (excluding diaryl/α,β-unsaturated/α-hetero) is 1. The highest BCUT2D eigenvalue weighted by atomic mass is 16.1. The van der Waals surface area contributed by atoms with Crippen LogP contribution in [0, 0.1) is 6.92 Å². The molecule has 3 aromatic rings. The first-order chi connectivity index (χ1) is 13.2. The molecule has 0 atom stereocenters. The predicted molar refractivity (Wildman–Crippen MR) is 114 cm³/mol. The van der Waals surface area contributed by atoms with Crippen LogP contribution in [0.15, 0.2) is 54.6 Å². The van der Waals surface area contributed by atoms with Crippen molar-refractivity contribution in [3.8, 4) is 11.1 Å². The van der Waals surface area contributed by atoms with Crippen LogP contribution in [0.4, 0.5) is 0 Å². The highest BCUT2D eigenvalue weighted by Crippen LogP contribution is 2.33. The van der Waals surface area contributed by atoms with Crippen molar-refractivity contribution in [2.75, 3.05) is 0 Å². The number of unbranched alkanes of at least 4 members (excludes halogenated alkanes) is 4. The van der Waals surface area contributed by atoms with Gasteiger partial charge in [-0.3, -0.25) is 9.78 Å². The van der Waals surface area contributed by atoms with Crippen LogP contribution < -0.4 is 0 Å². The van der Waals surface area contributed by atoms with Gasteiger partial charge >= 0.3 is 0 Å². The van der Waals surface area contributed by atoms with Crippen LogP contribution in [0.25, 0.3) is 22.0 Å². The van der Waals surface area contributed by atoms with Gasteiger partial charge in [0.1, 0.15) is 5.78 Å². The van der Waals surface area contributed by atoms with Gasteiger partial charge in [0.25, 0.3) is 0 Å². The van der Waals surface area contributed by atoms with Gasteiger partial charge in [-0.1, -0.05) is 81.1 Å². The SMILES string of the molecule is CCCCCCCC(=O)Cc1c(C)nc2ccccc2c1-c1ccccc1. The number of para-hydroxylation sites is 1. The molecule has 2 aromatic carbocycles. The Morgan fingerprint density at radius 1 is 0.889 bits per heavy atom. The average Bonchev–Trinajstić information content (AvgIpc) is 2.69. The third kappa shape index (κ3) is 4.82. The number of rotatable bonds is 9. The lowest BCUT2D eigenvalue weighted by atomic mass is 9.91. The van der Waals surface area contributed by atoms with Crippen molar-refractivity contribution in [2.24, 2.45) is 0 Å². The van der Waals surface area contributed by atoms with Gasteiger partial charge in [-0.2, -0.15) is 0 Å². The summed E-state index contributed by atoms with van der Waals surface area (Å²) < 4.78 is 0. The Labute approximate surface area is 162 Å². The van der Waals surface area contributed by atoms with Gasteiger partial charge in [0.15, 0.2) is 0 Å². The first kappa shape index (κ1) is 19.3. The molecule has 2 heteroatoms. The molecule has 0 saturated carbocycles. The van der Waals surface area contributed by atoms with E-state index in [0.29, 0.717) is 18.6 Å². The summed E-state index contributed by atoms with van der Waals surface area (Å²) in [6.45, 7) is 4.24. The molecule has 0 unspecified atom stereocenters. The fraction of sp³-hybridized carbons (Fsp3) is 0.360. The van der Waals surface area contributed by atoms with E-state index in [9.17, 15) is 4.79 Å². The molecule has 140 valence electrons. The minimum absolute atomic E-state index is 0.323. The smallest absolute Gasteiger partial charge is 0.137 e. The topological polar surface area (TPSA) is 30.0 Å². The summed E-state index contributed by atoms with van der Waals surface area (Å²) in [5.41, 5.74) is 5.36. The summed E-state index contributed by atoms with van der Waals surface area (Å²) in [7, 11) is 0. The number of hydrogen-bond donors (Lipinski definition) is 0. The van der Waals surface area contributed by atoms with Crippen molar-refractivity contribution >= 4 is 16.7 Å². The average molecular weight is 360 g/mol. The Balaban J connectivity index is 1.90. The molecule has 0 bridgehead atoms. The minimum atomic E-state index is 0.323. The maximum atomic E-state index is 12.7. The van der Waals surface area contributed by atoms with Crippen molar-refractivity contribution in [1.29, 1.82) is 0 Å². The zero-order valence-corrected chi connectivity index (χ0v) is 16.5. The molecule has 0 aliphatic carbocycles. The van der Waals surface area contributed by atoms with Crippen molar-refractivity contribution in [2.45, 2.75) is 58.8 Å². The first-order valence-electron chi connectivity index (χ1n) is 10.2. The van der Waals surface area contributed by atoms with Gasteiger partial charge in [0.05, 0.1) is 5.52 Å². The maximum absolute atomic E-state index is 12.7. The van der Waals surface area contributed by atoms with E-state index in [1.54, 1.807) is 0 Å². The number of aromatic nitrogens is 1. The number of benzene rings is 2. The summed E-state index contributed by atoms with van der Waals surface area (Å²) in [6, 6.07) is 18.6. The zero-order valence-electron chi connectivity index (χ0n) is 16.5. The monoisotopic (exact) mass is 359 g/mol. The van der Waals surface area contributed by atoms with Crippen molar-refractivity contribution in [3.63, 3.8) is 0 Å². The van der Waals surface area contributed by atoms with E-state index in [1.807, 2.05) is 31.2 Å². The van der Waals surface area contributed by atoms with Crippen LogP contribution in [0.5, 0.6) is 0 Å². The molecule has 0 N–H and O–H groups in total. The summed E-state index contributed by atoms with van der Waals surface area (Å²) >= 11 is 0. The zero-order chi connectivity index (χ0) is 19.1. The Kier molecular flexibility index (Phi) is 6.75. The summed E-state index contributed by atoms with van der Waals surface area (Å²) in [5.74, 6) is 0.323. The summed E-state index contributed by atoms with van der Waals surface area (Å²) in [6.07, 6.45) is 7.03. The standard InChI is InChI=1S/C25H29NO/c1-3-4-5-6-10-15-21(27)18-23-19(2)26-24-17-12-11-16-22(24)25(23)20-13-8-7-9-14-20/h7-9,11-14,16-17H,3-6,10,15,18H2,1-2H3. The number of nitrogens with zero attached hydrogens (tertiary/aromatic N) is 1. The van der Waals surface area contributed by atoms with Gasteiger partial charge in [0, 0.05) is 23.9 Å². The number of aryl methyl sites for hydroxylation is 1. The third-order valence-electron chi connectivity index (χ3n) is 5.20. The fourth-order valence-electron chi connectivity index (χ4n) is 3.74. The molecule has 0 saturated heterocycles. The molecule has 0 aliphatic heterocycles. The van der Waals surface area contributed by atoms with Crippen LogP contribution in [0.3, 0.4) is 0 Å². The number of ketones is 1. The van der Waals surface area contributed by atoms with E-state index in [0.717, 1.165) is 46.1 Å². The molecule has 0 radical (unpaired) electrons. The number of fused-ring (bicyclic) bond motifs is 1. The highest BCUT2D eigenvalue weighted by molar-refractivity contribution is 5.98. The number of carbonyl (C=O) groups excluding carboxylic acids is 1. The van der Waals surface area contributed by atoms with Gasteiger partial charge in [0.2, 0.25) is 0 Å². The molecule has 0 fully saturated rings. The van der Waals surface area contributed by atoms with Crippen LogP contribution in [0.1, 0.15) is 56.7 Å². The summed E-state index contributed by atoms with van der Waals surface area (Å²) in [5, 5.41) is 1.13. The second-order valence-corrected chi connectivity index (χ2v) is 7.31. The molecule has 3 rings (SSSR count). The van der Waals surface area contributed by atoms with Crippen LogP contribution in [-0.2, 0) is 11.2 Å². The van der Waals surface area contributed by atoms with Crippen LogP contribution in [0.2, 0.25) is 0 Å². The summed E-state index contributed by atoms with van der Waals surface area (Å²) in [4.78, 5) is 17.5. The molecule has 2 nitrogen and oxygen atoms in total. The quantitative estimate of drug-likeness (QED) is 0.399. The highest BCUT2D eigenvalue weighted by Gasteiger charge is 2.16. The van der Waals surface area contributed by atoms with Crippen LogP contribution in [-0.4, -0.2) is 10.8 Å². The van der Waals surface area contributed by atoms with E-state index < -0.39 is 0 Å². The van der Waals surface area contributed by atoms with Crippen molar-refractivity contribution < 1.29 is 4.79 Å². The molecule has 0 spiro atoms. The Bertz CT molecular complexity index is 899. The van der Waals surface area contributed by atoms with Gasteiger partial charge in [-0.25, -0.2) is 0 Å².